The van der Waals surface area contributed by atoms with Crippen LogP contribution in [-0.2, 0) is 16.0 Å². The Balaban J connectivity index is 1.06. The number of hydrogen-bond acceptors (Lipinski definition) is 4. The minimum atomic E-state index is -0.0552. The van der Waals surface area contributed by atoms with E-state index in [1.807, 2.05) is 0 Å². The van der Waals surface area contributed by atoms with E-state index >= 15 is 0 Å². The molecule has 2 N–H and O–H groups in total. The molecule has 3 aliphatic carbocycles. The van der Waals surface area contributed by atoms with Crippen LogP contribution in [0.3, 0.4) is 0 Å². The molecular formula is C27H35N5O2. The molecule has 2 amide bonds. The number of carbonyl (C=O) groups excluding carboxylic acids is 2. The van der Waals surface area contributed by atoms with Crippen molar-refractivity contribution in [1.29, 1.82) is 0 Å². The van der Waals surface area contributed by atoms with Gasteiger partial charge in [-0.15, -0.1) is 0 Å². The van der Waals surface area contributed by atoms with Crippen molar-refractivity contribution in [3.63, 3.8) is 0 Å². The number of rotatable bonds is 6. The van der Waals surface area contributed by atoms with Crippen LogP contribution in [0, 0.1) is 17.8 Å². The van der Waals surface area contributed by atoms with E-state index in [0.717, 1.165) is 63.6 Å². The summed E-state index contributed by atoms with van der Waals surface area (Å²) < 4.78 is 0. The lowest BCUT2D eigenvalue weighted by Gasteiger charge is -2.48. The monoisotopic (exact) mass is 461 g/mol. The van der Waals surface area contributed by atoms with E-state index in [1.54, 1.807) is 0 Å². The Bertz CT molecular complexity index is 1010. The SMILES string of the molecule is O=C(NC1CN(C(=O)C2CC(Cc3ccccc3)C2)C2(CCC2)C1)[C@@H]1CCC[C@@H]1c1ncn[nH]1. The second-order valence-corrected chi connectivity index (χ2v) is 11.2. The van der Waals surface area contributed by atoms with Crippen molar-refractivity contribution in [2.75, 3.05) is 6.54 Å². The largest absolute Gasteiger partial charge is 0.351 e. The van der Waals surface area contributed by atoms with Gasteiger partial charge in [-0.25, -0.2) is 4.98 Å². The van der Waals surface area contributed by atoms with Crippen LogP contribution in [0.1, 0.15) is 75.1 Å². The standard InChI is InChI=1S/C27H35N5O2/c33-25(23-9-4-8-22(23)24-28-17-29-31-24)30-21-15-27(10-5-11-27)32(16-21)26(34)20-13-19(14-20)12-18-6-2-1-3-7-18/h1-3,6-7,17,19-23H,4-5,8-16H2,(H,30,33)(H,28,29,31)/t19?,20?,21?,22-,23+/m0/s1. The molecule has 34 heavy (non-hydrogen) atoms. The number of aromatic nitrogens is 3. The molecule has 4 fully saturated rings. The highest BCUT2D eigenvalue weighted by atomic mass is 16.2. The van der Waals surface area contributed by atoms with Gasteiger partial charge < -0.3 is 10.2 Å². The minimum absolute atomic E-state index is 0.0143. The fourth-order valence-corrected chi connectivity index (χ4v) is 7.10. The highest BCUT2D eigenvalue weighted by Crippen LogP contribution is 2.48. The van der Waals surface area contributed by atoms with Crippen LogP contribution in [0.25, 0.3) is 0 Å². The number of amides is 2. The average molecular weight is 462 g/mol. The number of nitrogens with one attached hydrogen (secondary N) is 2. The van der Waals surface area contributed by atoms with Crippen LogP contribution < -0.4 is 5.32 Å². The molecule has 4 aliphatic rings. The summed E-state index contributed by atoms with van der Waals surface area (Å²) >= 11 is 0. The van der Waals surface area contributed by atoms with E-state index in [2.05, 4.69) is 55.7 Å². The topological polar surface area (TPSA) is 91.0 Å². The molecule has 7 nitrogen and oxygen atoms in total. The van der Waals surface area contributed by atoms with Gasteiger partial charge in [0.25, 0.3) is 0 Å². The Hall–Kier alpha value is -2.70. The van der Waals surface area contributed by atoms with E-state index in [4.69, 9.17) is 0 Å². The normalized spacial score (nSPS) is 31.8. The molecule has 1 aromatic carbocycles. The molecular weight excluding hydrogens is 426 g/mol. The fourth-order valence-electron chi connectivity index (χ4n) is 7.10. The fraction of sp³-hybridized carbons (Fsp3) is 0.630. The first-order chi connectivity index (χ1) is 16.6. The summed E-state index contributed by atoms with van der Waals surface area (Å²) in [5.41, 5.74) is 1.35. The lowest BCUT2D eigenvalue weighted by atomic mass is 9.69. The van der Waals surface area contributed by atoms with Crippen LogP contribution >= 0.6 is 0 Å². The van der Waals surface area contributed by atoms with Crippen LogP contribution in [0.2, 0.25) is 0 Å². The summed E-state index contributed by atoms with van der Waals surface area (Å²) in [7, 11) is 0. The zero-order valence-corrected chi connectivity index (χ0v) is 19.8. The minimum Gasteiger partial charge on any atom is -0.351 e. The van der Waals surface area contributed by atoms with Gasteiger partial charge in [0.15, 0.2) is 0 Å². The van der Waals surface area contributed by atoms with Gasteiger partial charge in [0.2, 0.25) is 11.8 Å². The maximum atomic E-state index is 13.5. The summed E-state index contributed by atoms with van der Waals surface area (Å²) in [4.78, 5) is 33.3. The Morgan fingerprint density at radius 1 is 1.12 bits per heavy atom. The van der Waals surface area contributed by atoms with Crippen molar-refractivity contribution >= 4 is 11.8 Å². The third-order valence-electron chi connectivity index (χ3n) is 9.09. The van der Waals surface area contributed by atoms with E-state index in [0.29, 0.717) is 18.4 Å². The molecule has 3 saturated carbocycles. The molecule has 3 atom stereocenters. The highest BCUT2D eigenvalue weighted by Gasteiger charge is 2.54. The van der Waals surface area contributed by atoms with Gasteiger partial charge in [-0.2, -0.15) is 5.10 Å². The predicted octanol–water partition coefficient (Wildman–Crippen LogP) is 3.60. The average Bonchev–Trinajstić information content (AvgIpc) is 3.54. The van der Waals surface area contributed by atoms with Crippen molar-refractivity contribution < 1.29 is 9.59 Å². The van der Waals surface area contributed by atoms with Gasteiger partial charge in [-0.3, -0.25) is 14.7 Å². The molecule has 1 saturated heterocycles. The van der Waals surface area contributed by atoms with E-state index in [1.165, 1.54) is 18.3 Å². The van der Waals surface area contributed by atoms with Gasteiger partial charge in [0.1, 0.15) is 12.2 Å². The first-order valence-corrected chi connectivity index (χ1v) is 13.1. The van der Waals surface area contributed by atoms with Gasteiger partial charge in [0.05, 0.1) is 0 Å². The number of nitrogens with zero attached hydrogens (tertiary/aromatic N) is 3. The van der Waals surface area contributed by atoms with Crippen molar-refractivity contribution in [3.8, 4) is 0 Å². The third-order valence-corrected chi connectivity index (χ3v) is 9.09. The Morgan fingerprint density at radius 3 is 2.65 bits per heavy atom. The number of aromatic amines is 1. The lowest BCUT2D eigenvalue weighted by Crippen LogP contribution is -2.55. The van der Waals surface area contributed by atoms with Gasteiger partial charge >= 0.3 is 0 Å². The molecule has 6 rings (SSSR count). The number of H-pyrrole nitrogens is 1. The van der Waals surface area contributed by atoms with E-state index in [-0.39, 0.29) is 35.2 Å². The van der Waals surface area contributed by atoms with Crippen LogP contribution in [0.5, 0.6) is 0 Å². The molecule has 1 aromatic heterocycles. The van der Waals surface area contributed by atoms with Gasteiger partial charge in [-0.05, 0) is 69.3 Å². The number of benzene rings is 1. The van der Waals surface area contributed by atoms with Crippen molar-refractivity contribution in [1.82, 2.24) is 25.4 Å². The van der Waals surface area contributed by atoms with Gasteiger partial charge in [0, 0.05) is 35.9 Å². The van der Waals surface area contributed by atoms with E-state index in [9.17, 15) is 9.59 Å². The predicted molar refractivity (Wildman–Crippen MR) is 128 cm³/mol. The molecule has 180 valence electrons. The smallest absolute Gasteiger partial charge is 0.226 e. The van der Waals surface area contributed by atoms with Crippen LogP contribution in [0.15, 0.2) is 36.7 Å². The summed E-state index contributed by atoms with van der Waals surface area (Å²) in [6.07, 6.45) is 11.7. The zero-order valence-electron chi connectivity index (χ0n) is 19.8. The highest BCUT2D eigenvalue weighted by molar-refractivity contribution is 5.82. The second kappa shape index (κ2) is 8.82. The first-order valence-electron chi connectivity index (χ1n) is 13.1. The van der Waals surface area contributed by atoms with Crippen molar-refractivity contribution in [2.24, 2.45) is 17.8 Å². The summed E-state index contributed by atoms with van der Waals surface area (Å²) in [6, 6.07) is 10.7. The van der Waals surface area contributed by atoms with Gasteiger partial charge in [-0.1, -0.05) is 36.8 Å². The van der Waals surface area contributed by atoms with E-state index < -0.39 is 0 Å². The number of hydrogen-bond donors (Lipinski definition) is 2. The Kier molecular flexibility index (Phi) is 5.66. The van der Waals surface area contributed by atoms with Crippen molar-refractivity contribution in [3.05, 3.63) is 48.0 Å². The molecule has 1 spiro atoms. The Labute approximate surface area is 201 Å². The zero-order chi connectivity index (χ0) is 23.1. The maximum Gasteiger partial charge on any atom is 0.226 e. The number of likely N-dealkylation sites (tertiary alicyclic amines) is 1. The summed E-state index contributed by atoms with van der Waals surface area (Å²) in [6.45, 7) is 0.671. The molecule has 1 unspecified atom stereocenters. The molecule has 2 aromatic rings. The van der Waals surface area contributed by atoms with Crippen molar-refractivity contribution in [2.45, 2.75) is 81.7 Å². The molecule has 0 bridgehead atoms. The van der Waals surface area contributed by atoms with Crippen LogP contribution in [0.4, 0.5) is 0 Å². The molecule has 7 heteroatoms. The molecule has 2 heterocycles. The summed E-state index contributed by atoms with van der Waals surface area (Å²) in [5, 5.41) is 10.3. The Morgan fingerprint density at radius 2 is 1.94 bits per heavy atom. The third kappa shape index (κ3) is 3.93. The summed E-state index contributed by atoms with van der Waals surface area (Å²) in [5.74, 6) is 2.12. The quantitative estimate of drug-likeness (QED) is 0.688. The first kappa shape index (κ1) is 21.8. The lowest BCUT2D eigenvalue weighted by molar-refractivity contribution is -0.147. The molecule has 0 radical (unpaired) electrons. The second-order valence-electron chi connectivity index (χ2n) is 11.2. The molecule has 1 aliphatic heterocycles. The number of carbonyl (C=O) groups is 2. The van der Waals surface area contributed by atoms with Crippen LogP contribution in [-0.4, -0.2) is 50.0 Å². The maximum absolute atomic E-state index is 13.5.